The average Bonchev–Trinajstić information content (AvgIpc) is 3.40. The van der Waals surface area contributed by atoms with E-state index in [0.29, 0.717) is 19.4 Å². The highest BCUT2D eigenvalue weighted by atomic mass is 32.1. The predicted molar refractivity (Wildman–Crippen MR) is 154 cm³/mol. The summed E-state index contributed by atoms with van der Waals surface area (Å²) >= 11 is 1.62. The Balaban J connectivity index is 1.40. The summed E-state index contributed by atoms with van der Waals surface area (Å²) in [5.41, 5.74) is 11.7. The van der Waals surface area contributed by atoms with Crippen molar-refractivity contribution in [1.29, 1.82) is 0 Å². The van der Waals surface area contributed by atoms with Gasteiger partial charge < -0.3 is 16.0 Å². The fourth-order valence-corrected chi connectivity index (χ4v) is 5.60. The first-order valence-electron chi connectivity index (χ1n) is 12.8. The molecule has 0 radical (unpaired) electrons. The highest BCUT2D eigenvalue weighted by Crippen LogP contribution is 2.34. The van der Waals surface area contributed by atoms with Crippen LogP contribution in [0.25, 0.3) is 21.7 Å². The third-order valence-corrected chi connectivity index (χ3v) is 7.50. The van der Waals surface area contributed by atoms with Crippen LogP contribution in [0, 0.1) is 0 Å². The molecule has 0 saturated carbocycles. The normalized spacial score (nSPS) is 15.6. The molecule has 0 spiro atoms. The molecule has 4 aromatic rings. The van der Waals surface area contributed by atoms with Gasteiger partial charge in [-0.1, -0.05) is 66.7 Å². The summed E-state index contributed by atoms with van der Waals surface area (Å²) in [5, 5.41) is 5.92. The first-order valence-corrected chi connectivity index (χ1v) is 13.7. The van der Waals surface area contributed by atoms with Crippen molar-refractivity contribution in [3.63, 3.8) is 0 Å². The monoisotopic (exact) mass is 524 g/mol. The van der Waals surface area contributed by atoms with E-state index in [1.165, 1.54) is 0 Å². The molecular formula is C31H32N4O2S. The Labute approximate surface area is 227 Å². The van der Waals surface area contributed by atoms with Crippen molar-refractivity contribution in [3.8, 4) is 21.7 Å². The number of benzene rings is 3. The van der Waals surface area contributed by atoms with Crippen molar-refractivity contribution in [2.45, 2.75) is 51.2 Å². The molecule has 0 aliphatic carbocycles. The lowest BCUT2D eigenvalue weighted by Crippen LogP contribution is -2.49. The van der Waals surface area contributed by atoms with Gasteiger partial charge in [0.25, 0.3) is 0 Å². The number of fused-ring (bicyclic) bond motifs is 1. The Bertz CT molecular complexity index is 1430. The molecule has 3 aromatic carbocycles. The lowest BCUT2D eigenvalue weighted by atomic mass is 9.98. The standard InChI is InChI=1S/C31H32N4O2S/c1-31(2,32)19-28(36)34-26-16-15-23-7-3-6-10-27(23)35(30(26)37)20-21-11-13-22(14-12-21)24-8-4-5-9-25(24)29-33-17-18-38-29/h3-14,17-18,26H,15-16,19-20,32H2,1-2H3,(H,34,36)/t26-/m1/s1. The Kier molecular flexibility index (Phi) is 7.40. The maximum atomic E-state index is 13.8. The van der Waals surface area contributed by atoms with Gasteiger partial charge in [0, 0.05) is 34.8 Å². The fourth-order valence-electron chi connectivity index (χ4n) is 4.92. The van der Waals surface area contributed by atoms with Crippen molar-refractivity contribution in [1.82, 2.24) is 10.3 Å². The van der Waals surface area contributed by atoms with Crippen LogP contribution >= 0.6 is 11.3 Å². The van der Waals surface area contributed by atoms with E-state index < -0.39 is 11.6 Å². The second-order valence-electron chi connectivity index (χ2n) is 10.5. The molecular weight excluding hydrogens is 492 g/mol. The zero-order valence-electron chi connectivity index (χ0n) is 21.7. The van der Waals surface area contributed by atoms with Gasteiger partial charge in [0.05, 0.1) is 6.54 Å². The summed E-state index contributed by atoms with van der Waals surface area (Å²) in [6, 6.07) is 24.0. The average molecular weight is 525 g/mol. The molecule has 5 rings (SSSR count). The maximum absolute atomic E-state index is 13.8. The van der Waals surface area contributed by atoms with E-state index in [-0.39, 0.29) is 18.2 Å². The van der Waals surface area contributed by atoms with Crippen LogP contribution in [0.3, 0.4) is 0 Å². The molecule has 194 valence electrons. The molecule has 0 unspecified atom stereocenters. The molecule has 1 atom stereocenters. The van der Waals surface area contributed by atoms with E-state index >= 15 is 0 Å². The molecule has 38 heavy (non-hydrogen) atoms. The number of carbonyl (C=O) groups excluding carboxylic acids is 2. The number of aromatic nitrogens is 1. The molecule has 7 heteroatoms. The van der Waals surface area contributed by atoms with E-state index in [0.717, 1.165) is 38.5 Å². The van der Waals surface area contributed by atoms with E-state index in [9.17, 15) is 9.59 Å². The third-order valence-electron chi connectivity index (χ3n) is 6.70. The van der Waals surface area contributed by atoms with Gasteiger partial charge in [0.2, 0.25) is 11.8 Å². The number of rotatable bonds is 7. The van der Waals surface area contributed by atoms with Crippen LogP contribution in [0.5, 0.6) is 0 Å². The number of thiazole rings is 1. The molecule has 6 nitrogen and oxygen atoms in total. The van der Waals surface area contributed by atoms with Crippen LogP contribution in [0.2, 0.25) is 0 Å². The first-order chi connectivity index (χ1) is 18.3. The Morgan fingerprint density at radius 1 is 1.05 bits per heavy atom. The molecule has 1 aliphatic rings. The third kappa shape index (κ3) is 5.85. The number of nitrogens with one attached hydrogen (secondary N) is 1. The molecule has 0 fully saturated rings. The number of aryl methyl sites for hydroxylation is 1. The molecule has 0 bridgehead atoms. The van der Waals surface area contributed by atoms with Gasteiger partial charge in [-0.3, -0.25) is 9.59 Å². The Hall–Kier alpha value is -3.81. The number of anilines is 1. The number of para-hydroxylation sites is 1. The van der Waals surface area contributed by atoms with Crippen molar-refractivity contribution < 1.29 is 9.59 Å². The molecule has 1 aliphatic heterocycles. The Morgan fingerprint density at radius 2 is 1.76 bits per heavy atom. The van der Waals surface area contributed by atoms with E-state index in [2.05, 4.69) is 52.8 Å². The van der Waals surface area contributed by atoms with Crippen molar-refractivity contribution in [2.24, 2.45) is 5.73 Å². The molecule has 0 saturated heterocycles. The van der Waals surface area contributed by atoms with Gasteiger partial charge in [-0.15, -0.1) is 11.3 Å². The van der Waals surface area contributed by atoms with Gasteiger partial charge in [0.15, 0.2) is 0 Å². The van der Waals surface area contributed by atoms with Crippen LogP contribution in [-0.2, 0) is 22.6 Å². The van der Waals surface area contributed by atoms with Crippen molar-refractivity contribution in [3.05, 3.63) is 95.5 Å². The SMILES string of the molecule is CC(C)(N)CC(=O)N[C@@H]1CCc2ccccc2N(Cc2ccc(-c3ccccc3-c3nccs3)cc2)C1=O. The van der Waals surface area contributed by atoms with Crippen molar-refractivity contribution in [2.75, 3.05) is 4.90 Å². The van der Waals surface area contributed by atoms with Crippen LogP contribution in [0.1, 0.15) is 37.8 Å². The summed E-state index contributed by atoms with van der Waals surface area (Å²) < 4.78 is 0. The number of amides is 2. The number of hydrogen-bond donors (Lipinski definition) is 2. The van der Waals surface area contributed by atoms with Gasteiger partial charge in [0.1, 0.15) is 11.0 Å². The molecule has 2 amide bonds. The van der Waals surface area contributed by atoms with Crippen LogP contribution in [0.4, 0.5) is 5.69 Å². The molecule has 1 aromatic heterocycles. The minimum Gasteiger partial charge on any atom is -0.344 e. The number of carbonyl (C=O) groups is 2. The van der Waals surface area contributed by atoms with E-state index in [1.807, 2.05) is 55.8 Å². The summed E-state index contributed by atoms with van der Waals surface area (Å²) in [4.78, 5) is 32.7. The van der Waals surface area contributed by atoms with Crippen molar-refractivity contribution >= 4 is 28.8 Å². The largest absolute Gasteiger partial charge is 0.344 e. The number of nitrogens with two attached hydrogens (primary N) is 1. The Morgan fingerprint density at radius 3 is 2.47 bits per heavy atom. The van der Waals surface area contributed by atoms with Crippen LogP contribution in [0.15, 0.2) is 84.4 Å². The van der Waals surface area contributed by atoms with Gasteiger partial charge in [-0.25, -0.2) is 4.98 Å². The van der Waals surface area contributed by atoms with Gasteiger partial charge in [-0.05, 0) is 55.0 Å². The van der Waals surface area contributed by atoms with Crippen LogP contribution < -0.4 is 16.0 Å². The fraction of sp³-hybridized carbons (Fsp3) is 0.258. The predicted octanol–water partition coefficient (Wildman–Crippen LogP) is 5.57. The summed E-state index contributed by atoms with van der Waals surface area (Å²) in [7, 11) is 0. The molecule has 2 heterocycles. The number of hydrogen-bond acceptors (Lipinski definition) is 5. The summed E-state index contributed by atoms with van der Waals surface area (Å²) in [5.74, 6) is -0.304. The van der Waals surface area contributed by atoms with E-state index in [4.69, 9.17) is 5.73 Å². The lowest BCUT2D eigenvalue weighted by Gasteiger charge is -2.27. The second kappa shape index (κ2) is 10.9. The topological polar surface area (TPSA) is 88.3 Å². The minimum absolute atomic E-state index is 0.101. The maximum Gasteiger partial charge on any atom is 0.249 e. The second-order valence-corrected chi connectivity index (χ2v) is 11.4. The minimum atomic E-state index is -0.638. The highest BCUT2D eigenvalue weighted by Gasteiger charge is 2.32. The first kappa shape index (κ1) is 25.8. The summed E-state index contributed by atoms with van der Waals surface area (Å²) in [6.45, 7) is 4.03. The van der Waals surface area contributed by atoms with E-state index in [1.54, 1.807) is 16.2 Å². The highest BCUT2D eigenvalue weighted by molar-refractivity contribution is 7.13. The smallest absolute Gasteiger partial charge is 0.249 e. The number of nitrogens with zero attached hydrogens (tertiary/aromatic N) is 2. The van der Waals surface area contributed by atoms with Gasteiger partial charge >= 0.3 is 0 Å². The lowest BCUT2D eigenvalue weighted by molar-refractivity contribution is -0.128. The zero-order chi connectivity index (χ0) is 26.7. The quantitative estimate of drug-likeness (QED) is 0.331. The summed E-state index contributed by atoms with van der Waals surface area (Å²) in [6.07, 6.45) is 3.24. The van der Waals surface area contributed by atoms with Crippen LogP contribution in [-0.4, -0.2) is 28.4 Å². The van der Waals surface area contributed by atoms with Gasteiger partial charge in [-0.2, -0.15) is 0 Å². The zero-order valence-corrected chi connectivity index (χ0v) is 22.5. The molecule has 3 N–H and O–H groups in total.